The van der Waals surface area contributed by atoms with E-state index in [0.29, 0.717) is 5.56 Å². The van der Waals surface area contributed by atoms with Crippen LogP contribution in [0.25, 0.3) is 5.83 Å². The molecule has 1 rings (SSSR count). The maximum absolute atomic E-state index is 12.8. The van der Waals surface area contributed by atoms with Crippen LogP contribution in [0.4, 0.5) is 4.39 Å². The maximum Gasteiger partial charge on any atom is 0.128 e. The molecule has 1 aromatic carbocycles. The number of aliphatic hydroxyl groups is 1. The van der Waals surface area contributed by atoms with E-state index >= 15 is 0 Å². The number of halogens is 1. The van der Waals surface area contributed by atoms with Gasteiger partial charge in [0.15, 0.2) is 0 Å². The van der Waals surface area contributed by atoms with Gasteiger partial charge in [-0.2, -0.15) is 0 Å². The van der Waals surface area contributed by atoms with Crippen molar-refractivity contribution in [3.8, 4) is 0 Å². The zero-order valence-corrected chi connectivity index (χ0v) is 6.00. The van der Waals surface area contributed by atoms with E-state index in [0.717, 1.165) is 6.08 Å². The molecule has 2 heteroatoms. The van der Waals surface area contributed by atoms with Gasteiger partial charge in [-0.05, 0) is 6.08 Å². The van der Waals surface area contributed by atoms with E-state index in [4.69, 9.17) is 5.11 Å². The van der Waals surface area contributed by atoms with Crippen molar-refractivity contribution >= 4 is 5.83 Å². The largest absolute Gasteiger partial charge is 0.392 e. The van der Waals surface area contributed by atoms with Crippen LogP contribution in [0.3, 0.4) is 0 Å². The fourth-order valence-corrected chi connectivity index (χ4v) is 0.795. The van der Waals surface area contributed by atoms with Gasteiger partial charge in [0, 0.05) is 5.56 Å². The summed E-state index contributed by atoms with van der Waals surface area (Å²) in [4.78, 5) is 0. The second-order valence-electron chi connectivity index (χ2n) is 2.10. The van der Waals surface area contributed by atoms with Crippen molar-refractivity contribution in [1.82, 2.24) is 0 Å². The van der Waals surface area contributed by atoms with Gasteiger partial charge >= 0.3 is 0 Å². The lowest BCUT2D eigenvalue weighted by molar-refractivity contribution is 0.342. The molecular formula is C9H9FO. The van der Waals surface area contributed by atoms with Crippen molar-refractivity contribution in [1.29, 1.82) is 0 Å². The Bertz CT molecular complexity index is 241. The topological polar surface area (TPSA) is 20.2 Å². The molecule has 0 aromatic heterocycles. The van der Waals surface area contributed by atoms with E-state index < -0.39 is 0 Å². The third-order valence-corrected chi connectivity index (χ3v) is 1.32. The molecule has 1 N–H and O–H groups in total. The normalized spacial score (nSPS) is 11.6. The van der Waals surface area contributed by atoms with Crippen LogP contribution >= 0.6 is 0 Å². The molecule has 0 amide bonds. The molecule has 1 aromatic rings. The van der Waals surface area contributed by atoms with Gasteiger partial charge in [0.2, 0.25) is 0 Å². The maximum atomic E-state index is 12.8. The summed E-state index contributed by atoms with van der Waals surface area (Å²) in [5.74, 6) is -0.381. The minimum absolute atomic E-state index is 0.263. The number of rotatable bonds is 2. The van der Waals surface area contributed by atoms with Gasteiger partial charge in [-0.1, -0.05) is 30.3 Å². The fourth-order valence-electron chi connectivity index (χ4n) is 0.795. The van der Waals surface area contributed by atoms with Gasteiger partial charge in [0.25, 0.3) is 0 Å². The molecule has 0 saturated heterocycles. The molecule has 0 radical (unpaired) electrons. The summed E-state index contributed by atoms with van der Waals surface area (Å²) in [5.41, 5.74) is 0.501. The second kappa shape index (κ2) is 3.88. The summed E-state index contributed by atoms with van der Waals surface area (Å²) >= 11 is 0. The highest BCUT2D eigenvalue weighted by atomic mass is 19.1. The number of hydrogen-bond donors (Lipinski definition) is 1. The summed E-state index contributed by atoms with van der Waals surface area (Å²) in [6, 6.07) is 8.62. The van der Waals surface area contributed by atoms with Crippen LogP contribution in [0, 0.1) is 0 Å². The molecule has 0 spiro atoms. The highest BCUT2D eigenvalue weighted by Gasteiger charge is 1.95. The van der Waals surface area contributed by atoms with Crippen molar-refractivity contribution in [3.63, 3.8) is 0 Å². The van der Waals surface area contributed by atoms with Crippen LogP contribution < -0.4 is 0 Å². The van der Waals surface area contributed by atoms with Crippen molar-refractivity contribution in [2.24, 2.45) is 0 Å². The van der Waals surface area contributed by atoms with Gasteiger partial charge < -0.3 is 5.11 Å². The first-order valence-electron chi connectivity index (χ1n) is 3.36. The lowest BCUT2D eigenvalue weighted by Crippen LogP contribution is -1.79. The quantitative estimate of drug-likeness (QED) is 0.687. The molecule has 0 aliphatic carbocycles. The average molecular weight is 152 g/mol. The SMILES string of the molecule is OC/C=C(\F)c1ccccc1. The molecule has 1 nitrogen and oxygen atoms in total. The van der Waals surface area contributed by atoms with Crippen LogP contribution in [0.5, 0.6) is 0 Å². The summed E-state index contributed by atoms with van der Waals surface area (Å²) in [7, 11) is 0. The molecule has 0 fully saturated rings. The van der Waals surface area contributed by atoms with E-state index in [1.165, 1.54) is 0 Å². The summed E-state index contributed by atoms with van der Waals surface area (Å²) < 4.78 is 12.8. The third-order valence-electron chi connectivity index (χ3n) is 1.32. The summed E-state index contributed by atoms with van der Waals surface area (Å²) in [5, 5.41) is 8.38. The van der Waals surface area contributed by atoms with Gasteiger partial charge in [0.05, 0.1) is 6.61 Å². The van der Waals surface area contributed by atoms with E-state index in [-0.39, 0.29) is 12.4 Å². The Morgan fingerprint density at radius 2 is 2.00 bits per heavy atom. The first-order valence-corrected chi connectivity index (χ1v) is 3.36. The van der Waals surface area contributed by atoms with Crippen LogP contribution in [0.15, 0.2) is 36.4 Å². The molecule has 0 heterocycles. The minimum atomic E-state index is -0.381. The molecule has 0 bridgehead atoms. The standard InChI is InChI=1S/C9H9FO/c10-9(6-7-11)8-4-2-1-3-5-8/h1-6,11H,7H2/b9-6-. The minimum Gasteiger partial charge on any atom is -0.392 e. The molecule has 0 atom stereocenters. The zero-order chi connectivity index (χ0) is 8.10. The van der Waals surface area contributed by atoms with Crippen molar-refractivity contribution in [2.75, 3.05) is 6.61 Å². The van der Waals surface area contributed by atoms with Gasteiger partial charge in [-0.25, -0.2) is 4.39 Å². The Kier molecular flexibility index (Phi) is 2.81. The molecule has 58 valence electrons. The van der Waals surface area contributed by atoms with E-state index in [1.54, 1.807) is 24.3 Å². The number of benzene rings is 1. The second-order valence-corrected chi connectivity index (χ2v) is 2.10. The first-order chi connectivity index (χ1) is 5.34. The van der Waals surface area contributed by atoms with Crippen molar-refractivity contribution in [2.45, 2.75) is 0 Å². The first kappa shape index (κ1) is 7.95. The predicted octanol–water partition coefficient (Wildman–Crippen LogP) is 1.99. The molecule has 0 aliphatic rings. The van der Waals surface area contributed by atoms with Crippen LogP contribution in [0.2, 0.25) is 0 Å². The van der Waals surface area contributed by atoms with E-state index in [2.05, 4.69) is 0 Å². The monoisotopic (exact) mass is 152 g/mol. The Labute approximate surface area is 64.8 Å². The van der Waals surface area contributed by atoms with Gasteiger partial charge in [0.1, 0.15) is 5.83 Å². The summed E-state index contributed by atoms with van der Waals surface area (Å²) in [6.07, 6.45) is 1.13. The number of aliphatic hydroxyl groups excluding tert-OH is 1. The smallest absolute Gasteiger partial charge is 0.128 e. The van der Waals surface area contributed by atoms with Crippen molar-refractivity contribution in [3.05, 3.63) is 42.0 Å². The Hall–Kier alpha value is -1.15. The lowest BCUT2D eigenvalue weighted by atomic mass is 10.2. The molecule has 11 heavy (non-hydrogen) atoms. The van der Waals surface area contributed by atoms with Crippen LogP contribution in [-0.4, -0.2) is 11.7 Å². The lowest BCUT2D eigenvalue weighted by Gasteiger charge is -1.94. The Morgan fingerprint density at radius 1 is 1.36 bits per heavy atom. The fraction of sp³-hybridized carbons (Fsp3) is 0.111. The van der Waals surface area contributed by atoms with Crippen LogP contribution in [-0.2, 0) is 0 Å². The molecular weight excluding hydrogens is 143 g/mol. The average Bonchev–Trinajstić information content (AvgIpc) is 2.07. The Morgan fingerprint density at radius 3 is 2.55 bits per heavy atom. The molecule has 0 aliphatic heterocycles. The van der Waals surface area contributed by atoms with Crippen LogP contribution in [0.1, 0.15) is 5.56 Å². The highest BCUT2D eigenvalue weighted by Crippen LogP contribution is 2.13. The zero-order valence-electron chi connectivity index (χ0n) is 6.00. The van der Waals surface area contributed by atoms with Gasteiger partial charge in [-0.15, -0.1) is 0 Å². The van der Waals surface area contributed by atoms with E-state index in [9.17, 15) is 4.39 Å². The highest BCUT2D eigenvalue weighted by molar-refractivity contribution is 5.58. The predicted molar refractivity (Wildman–Crippen MR) is 42.6 cm³/mol. The van der Waals surface area contributed by atoms with Gasteiger partial charge in [-0.3, -0.25) is 0 Å². The van der Waals surface area contributed by atoms with E-state index in [1.807, 2.05) is 6.07 Å². The molecule has 0 unspecified atom stereocenters. The Balaban J connectivity index is 2.85. The van der Waals surface area contributed by atoms with Crippen molar-refractivity contribution < 1.29 is 9.50 Å². The number of hydrogen-bond acceptors (Lipinski definition) is 1. The molecule has 0 saturated carbocycles. The summed E-state index contributed by atoms with van der Waals surface area (Å²) in [6.45, 7) is -0.263. The third kappa shape index (κ3) is 2.16.